The molecule has 3 atom stereocenters. The lowest BCUT2D eigenvalue weighted by atomic mass is 10.0. The van der Waals surface area contributed by atoms with Crippen LogP contribution in [0.2, 0.25) is 0 Å². The molecule has 12 nitrogen and oxygen atoms in total. The van der Waals surface area contributed by atoms with Crippen LogP contribution in [0.4, 0.5) is 0 Å². The van der Waals surface area contributed by atoms with Gasteiger partial charge < -0.3 is 10.4 Å². The molecule has 2 aliphatic rings. The third-order valence-electron chi connectivity index (χ3n) is 4.32. The fourth-order valence-corrected chi connectivity index (χ4v) is 5.70. The number of thioether (sulfide) groups is 1. The van der Waals surface area contributed by atoms with Crippen molar-refractivity contribution >= 4 is 53.5 Å². The van der Waals surface area contributed by atoms with Crippen LogP contribution in [0.1, 0.15) is 15.3 Å². The first-order chi connectivity index (χ1) is 13.9. The van der Waals surface area contributed by atoms with E-state index in [1.165, 1.54) is 39.0 Å². The fourth-order valence-electron chi connectivity index (χ4n) is 3.04. The Balaban J connectivity index is 1.53. The van der Waals surface area contributed by atoms with Crippen molar-refractivity contribution in [1.82, 2.24) is 40.6 Å². The zero-order valence-corrected chi connectivity index (χ0v) is 17.3. The number of carbonyl (C=O) groups excluding carboxylic acids is 2. The summed E-state index contributed by atoms with van der Waals surface area (Å²) in [5.74, 6) is -1.82. The monoisotopic (exact) mass is 454 g/mol. The van der Waals surface area contributed by atoms with E-state index in [1.54, 1.807) is 6.92 Å². The van der Waals surface area contributed by atoms with E-state index >= 15 is 0 Å². The number of nitrogens with one attached hydrogen (secondary N) is 1. The predicted octanol–water partition coefficient (Wildman–Crippen LogP) is -0.757. The van der Waals surface area contributed by atoms with Gasteiger partial charge in [-0.3, -0.25) is 14.5 Å². The minimum atomic E-state index is -1.22. The summed E-state index contributed by atoms with van der Waals surface area (Å²) in [5.41, 5.74) is 0.364. The summed E-state index contributed by atoms with van der Waals surface area (Å²) in [6.07, 6.45) is 1.28. The van der Waals surface area contributed by atoms with Gasteiger partial charge in [-0.1, -0.05) is 0 Å². The standard InChI is InChI=1S/C14H14N8O4S3/c1-5-17-18-11(29-5)10(27)6-3-28-13-8(12(24)22(13)9(6)14(25)26)16-7(23)2-21-4-15-19-20-21/h4,8,10,13,27H,2-3H2,1H3,(H,16,23)(H,25,26). The first-order valence-corrected chi connectivity index (χ1v) is 10.6. The van der Waals surface area contributed by atoms with E-state index < -0.39 is 34.4 Å². The molecule has 4 heterocycles. The van der Waals surface area contributed by atoms with Crippen LogP contribution in [-0.2, 0) is 20.9 Å². The minimum Gasteiger partial charge on any atom is -0.477 e. The molecule has 0 spiro atoms. The molecule has 2 aromatic heterocycles. The number of hydrogen-bond acceptors (Lipinski definition) is 11. The molecule has 0 aliphatic carbocycles. The lowest BCUT2D eigenvalue weighted by Crippen LogP contribution is -2.70. The summed E-state index contributed by atoms with van der Waals surface area (Å²) in [7, 11) is 0. The van der Waals surface area contributed by atoms with E-state index in [-0.39, 0.29) is 12.2 Å². The molecule has 152 valence electrons. The number of tetrazole rings is 1. The molecule has 2 aromatic rings. The van der Waals surface area contributed by atoms with Gasteiger partial charge in [0.1, 0.15) is 40.0 Å². The van der Waals surface area contributed by atoms with Gasteiger partial charge >= 0.3 is 5.97 Å². The Morgan fingerprint density at radius 2 is 2.24 bits per heavy atom. The maximum atomic E-state index is 12.7. The molecule has 3 unspecified atom stereocenters. The minimum absolute atomic E-state index is 0.113. The van der Waals surface area contributed by atoms with Gasteiger partial charge in [0.25, 0.3) is 5.91 Å². The number of aliphatic carboxylic acids is 1. The van der Waals surface area contributed by atoms with Crippen molar-refractivity contribution in [2.24, 2.45) is 0 Å². The molecular weight excluding hydrogens is 440 g/mol. The summed E-state index contributed by atoms with van der Waals surface area (Å²) in [6.45, 7) is 1.65. The largest absolute Gasteiger partial charge is 0.477 e. The molecule has 2 N–H and O–H groups in total. The van der Waals surface area contributed by atoms with Gasteiger partial charge in [-0.15, -0.1) is 38.4 Å². The SMILES string of the molecule is Cc1nnc(C(S)C2=C(C(=O)O)N3C(=O)C(NC(=O)Cn4cnnn4)C3SC2)s1. The first kappa shape index (κ1) is 19.8. The number of thiol groups is 1. The van der Waals surface area contributed by atoms with Gasteiger partial charge in [-0.05, 0) is 22.9 Å². The van der Waals surface area contributed by atoms with Crippen molar-refractivity contribution in [3.63, 3.8) is 0 Å². The Kier molecular flexibility index (Phi) is 5.26. The van der Waals surface area contributed by atoms with E-state index in [2.05, 4.69) is 43.7 Å². The summed E-state index contributed by atoms with van der Waals surface area (Å²) in [5, 5.41) is 31.0. The Morgan fingerprint density at radius 1 is 1.45 bits per heavy atom. The summed E-state index contributed by atoms with van der Waals surface area (Å²) in [6, 6.07) is -0.818. The molecule has 4 rings (SSSR count). The van der Waals surface area contributed by atoms with Gasteiger partial charge in [0.2, 0.25) is 5.91 Å². The topological polar surface area (TPSA) is 156 Å². The van der Waals surface area contributed by atoms with Crippen LogP contribution >= 0.6 is 35.7 Å². The zero-order valence-electron chi connectivity index (χ0n) is 14.8. The lowest BCUT2D eigenvalue weighted by molar-refractivity contribution is -0.150. The highest BCUT2D eigenvalue weighted by Gasteiger charge is 2.54. The summed E-state index contributed by atoms with van der Waals surface area (Å²) in [4.78, 5) is 37.9. The molecule has 0 aromatic carbocycles. The van der Waals surface area contributed by atoms with Crippen molar-refractivity contribution < 1.29 is 19.5 Å². The van der Waals surface area contributed by atoms with Crippen molar-refractivity contribution in [2.75, 3.05) is 5.75 Å². The van der Waals surface area contributed by atoms with Gasteiger partial charge in [0, 0.05) is 5.75 Å². The fraction of sp³-hybridized carbons (Fsp3) is 0.429. The van der Waals surface area contributed by atoms with Gasteiger partial charge in [-0.2, -0.15) is 12.6 Å². The predicted molar refractivity (Wildman–Crippen MR) is 104 cm³/mol. The maximum Gasteiger partial charge on any atom is 0.352 e. The van der Waals surface area contributed by atoms with Crippen LogP contribution in [0.25, 0.3) is 0 Å². The highest BCUT2D eigenvalue weighted by molar-refractivity contribution is 8.00. The number of carboxylic acids is 1. The molecule has 2 amide bonds. The van der Waals surface area contributed by atoms with Crippen LogP contribution in [-0.4, -0.2) is 75.4 Å². The van der Waals surface area contributed by atoms with Gasteiger partial charge in [0.05, 0.1) is 5.25 Å². The van der Waals surface area contributed by atoms with Crippen LogP contribution in [0.5, 0.6) is 0 Å². The van der Waals surface area contributed by atoms with E-state index in [0.717, 1.165) is 5.01 Å². The molecular formula is C14H14N8O4S3. The van der Waals surface area contributed by atoms with Gasteiger partial charge in [-0.25, -0.2) is 9.48 Å². The second kappa shape index (κ2) is 7.72. The summed E-state index contributed by atoms with van der Waals surface area (Å²) >= 11 is 7.21. The highest BCUT2D eigenvalue weighted by Crippen LogP contribution is 2.45. The van der Waals surface area contributed by atoms with Gasteiger partial charge in [0.15, 0.2) is 0 Å². The van der Waals surface area contributed by atoms with Crippen molar-refractivity contribution in [2.45, 2.75) is 30.1 Å². The third kappa shape index (κ3) is 3.60. The van der Waals surface area contributed by atoms with Crippen LogP contribution in [0.15, 0.2) is 17.6 Å². The number of nitrogens with zero attached hydrogens (tertiary/aromatic N) is 7. The Labute approximate surface area is 177 Å². The number of fused-ring (bicyclic) bond motifs is 1. The van der Waals surface area contributed by atoms with E-state index in [4.69, 9.17) is 0 Å². The summed E-state index contributed by atoms with van der Waals surface area (Å²) < 4.78 is 1.22. The molecule has 2 aliphatic heterocycles. The molecule has 15 heteroatoms. The number of aromatic nitrogens is 6. The molecule has 29 heavy (non-hydrogen) atoms. The zero-order chi connectivity index (χ0) is 20.7. The lowest BCUT2D eigenvalue weighted by Gasteiger charge is -2.49. The van der Waals surface area contributed by atoms with Crippen LogP contribution < -0.4 is 5.32 Å². The van der Waals surface area contributed by atoms with E-state index in [0.29, 0.717) is 16.3 Å². The van der Waals surface area contributed by atoms with Crippen molar-refractivity contribution in [3.05, 3.63) is 27.6 Å². The number of β-lactam (4-membered cyclic amide) rings is 1. The Bertz CT molecular complexity index is 1010. The first-order valence-electron chi connectivity index (χ1n) is 8.26. The number of amides is 2. The number of carboxylic acid groups (broad SMARTS) is 1. The number of hydrogen-bond donors (Lipinski definition) is 3. The average molecular weight is 455 g/mol. The molecule has 0 saturated carbocycles. The average Bonchev–Trinajstić information content (AvgIpc) is 3.35. The smallest absolute Gasteiger partial charge is 0.352 e. The second-order valence-corrected chi connectivity index (χ2v) is 9.04. The molecule has 1 saturated heterocycles. The highest BCUT2D eigenvalue weighted by atomic mass is 32.2. The molecule has 1 fully saturated rings. The Morgan fingerprint density at radius 3 is 2.86 bits per heavy atom. The number of carbonyl (C=O) groups is 3. The Hall–Kier alpha value is -2.52. The van der Waals surface area contributed by atoms with Crippen LogP contribution in [0, 0.1) is 6.92 Å². The molecule has 0 bridgehead atoms. The number of rotatable bonds is 6. The normalized spacial score (nSPS) is 22.1. The van der Waals surface area contributed by atoms with Crippen molar-refractivity contribution in [3.8, 4) is 0 Å². The van der Waals surface area contributed by atoms with Crippen molar-refractivity contribution in [1.29, 1.82) is 0 Å². The van der Waals surface area contributed by atoms with E-state index in [1.807, 2.05) is 0 Å². The second-order valence-electron chi connectivity index (χ2n) is 6.20. The third-order valence-corrected chi connectivity index (χ3v) is 7.26. The van der Waals surface area contributed by atoms with Crippen LogP contribution in [0.3, 0.4) is 0 Å². The number of aryl methyl sites for hydroxylation is 1. The molecule has 0 radical (unpaired) electrons. The quantitative estimate of drug-likeness (QED) is 0.374. The maximum absolute atomic E-state index is 12.7. The van der Waals surface area contributed by atoms with E-state index in [9.17, 15) is 19.5 Å².